The molecule has 0 spiro atoms. The average Bonchev–Trinajstić information content (AvgIpc) is 3.36. The Morgan fingerprint density at radius 2 is 1.68 bits per heavy atom. The second-order valence-electron chi connectivity index (χ2n) is 7.77. The minimum Gasteiger partial charge on any atom is -0.355 e. The van der Waals surface area contributed by atoms with E-state index in [-0.39, 0.29) is 11.8 Å². The van der Waals surface area contributed by atoms with Crippen LogP contribution in [0.1, 0.15) is 38.5 Å². The molecule has 0 aromatic carbocycles. The van der Waals surface area contributed by atoms with Crippen molar-refractivity contribution in [1.29, 1.82) is 0 Å². The Kier molecular flexibility index (Phi) is 6.59. The molecule has 4 heterocycles. The molecule has 0 radical (unpaired) electrons. The number of nitrogens with one attached hydrogen (secondary N) is 1. The minimum atomic E-state index is 0.122. The van der Waals surface area contributed by atoms with Gasteiger partial charge < -0.3 is 15.1 Å². The van der Waals surface area contributed by atoms with Gasteiger partial charge in [-0.05, 0) is 50.9 Å². The SMILES string of the molecule is O=C(NCCN1CCCCCC1)C1CCN(c2nnc(-n3cccc3)s2)CC1. The van der Waals surface area contributed by atoms with Crippen molar-refractivity contribution in [3.8, 4) is 5.13 Å². The molecule has 2 saturated heterocycles. The Morgan fingerprint density at radius 3 is 2.39 bits per heavy atom. The molecule has 0 unspecified atom stereocenters. The number of hydrogen-bond acceptors (Lipinski definition) is 6. The summed E-state index contributed by atoms with van der Waals surface area (Å²) in [7, 11) is 0. The van der Waals surface area contributed by atoms with Crippen molar-refractivity contribution in [3.63, 3.8) is 0 Å². The molecule has 0 atom stereocenters. The van der Waals surface area contributed by atoms with E-state index in [0.29, 0.717) is 0 Å². The van der Waals surface area contributed by atoms with Crippen LogP contribution in [-0.2, 0) is 4.79 Å². The van der Waals surface area contributed by atoms with E-state index in [9.17, 15) is 4.79 Å². The van der Waals surface area contributed by atoms with E-state index in [1.54, 1.807) is 11.3 Å². The van der Waals surface area contributed by atoms with Crippen molar-refractivity contribution < 1.29 is 4.79 Å². The lowest BCUT2D eigenvalue weighted by atomic mass is 9.96. The lowest BCUT2D eigenvalue weighted by Gasteiger charge is -2.30. The van der Waals surface area contributed by atoms with Crippen molar-refractivity contribution in [2.45, 2.75) is 38.5 Å². The number of hydrogen-bond donors (Lipinski definition) is 1. The van der Waals surface area contributed by atoms with Gasteiger partial charge in [-0.2, -0.15) is 0 Å². The van der Waals surface area contributed by atoms with Crippen LogP contribution in [0.2, 0.25) is 0 Å². The Morgan fingerprint density at radius 1 is 1.00 bits per heavy atom. The highest BCUT2D eigenvalue weighted by atomic mass is 32.1. The first-order valence-corrected chi connectivity index (χ1v) is 11.3. The molecular weight excluding hydrogens is 372 g/mol. The Labute approximate surface area is 170 Å². The molecule has 2 aromatic rings. The highest BCUT2D eigenvalue weighted by Crippen LogP contribution is 2.27. The third-order valence-electron chi connectivity index (χ3n) is 5.79. The second kappa shape index (κ2) is 9.52. The van der Waals surface area contributed by atoms with E-state index in [0.717, 1.165) is 49.3 Å². The molecule has 0 aliphatic carbocycles. The van der Waals surface area contributed by atoms with Gasteiger partial charge in [-0.3, -0.25) is 9.36 Å². The third-order valence-corrected chi connectivity index (χ3v) is 6.79. The predicted molar refractivity (Wildman–Crippen MR) is 112 cm³/mol. The number of piperidine rings is 1. The minimum absolute atomic E-state index is 0.122. The monoisotopic (exact) mass is 402 g/mol. The first-order chi connectivity index (χ1) is 13.8. The summed E-state index contributed by atoms with van der Waals surface area (Å²) in [6.45, 7) is 5.85. The summed E-state index contributed by atoms with van der Waals surface area (Å²) < 4.78 is 1.98. The highest BCUT2D eigenvalue weighted by molar-refractivity contribution is 7.17. The molecule has 1 amide bonds. The number of nitrogens with zero attached hydrogens (tertiary/aromatic N) is 5. The zero-order valence-electron chi connectivity index (χ0n) is 16.4. The van der Waals surface area contributed by atoms with Crippen molar-refractivity contribution in [1.82, 2.24) is 25.0 Å². The fourth-order valence-electron chi connectivity index (χ4n) is 4.08. The smallest absolute Gasteiger partial charge is 0.223 e. The van der Waals surface area contributed by atoms with Crippen LogP contribution in [-0.4, -0.2) is 64.8 Å². The van der Waals surface area contributed by atoms with E-state index in [1.807, 2.05) is 29.1 Å². The molecule has 152 valence electrons. The number of anilines is 1. The molecule has 7 nitrogen and oxygen atoms in total. The molecule has 0 bridgehead atoms. The fourth-order valence-corrected chi connectivity index (χ4v) is 4.94. The number of carbonyl (C=O) groups is 1. The van der Waals surface area contributed by atoms with E-state index >= 15 is 0 Å². The maximum absolute atomic E-state index is 12.5. The van der Waals surface area contributed by atoms with Gasteiger partial charge in [0.2, 0.25) is 16.2 Å². The zero-order chi connectivity index (χ0) is 19.2. The van der Waals surface area contributed by atoms with Gasteiger partial charge in [0.05, 0.1) is 0 Å². The topological polar surface area (TPSA) is 66.3 Å². The largest absolute Gasteiger partial charge is 0.355 e. The summed E-state index contributed by atoms with van der Waals surface area (Å²) >= 11 is 1.60. The van der Waals surface area contributed by atoms with Gasteiger partial charge in [-0.1, -0.05) is 24.2 Å². The first-order valence-electron chi connectivity index (χ1n) is 10.5. The molecule has 2 aliphatic heterocycles. The number of amides is 1. The van der Waals surface area contributed by atoms with Crippen molar-refractivity contribution in [2.75, 3.05) is 44.2 Å². The summed E-state index contributed by atoms with van der Waals surface area (Å²) in [5, 5.41) is 13.6. The van der Waals surface area contributed by atoms with Crippen LogP contribution in [0.4, 0.5) is 5.13 Å². The van der Waals surface area contributed by atoms with Gasteiger partial charge in [0.15, 0.2) is 0 Å². The summed E-state index contributed by atoms with van der Waals surface area (Å²) in [5.41, 5.74) is 0. The van der Waals surface area contributed by atoms with Gasteiger partial charge in [0.25, 0.3) is 0 Å². The summed E-state index contributed by atoms with van der Waals surface area (Å²) in [6.07, 6.45) is 11.0. The Hall–Kier alpha value is -1.93. The van der Waals surface area contributed by atoms with Gasteiger partial charge in [-0.15, -0.1) is 10.2 Å². The van der Waals surface area contributed by atoms with E-state index in [1.165, 1.54) is 38.8 Å². The molecular formula is C20H30N6OS. The van der Waals surface area contributed by atoms with Crippen LogP contribution in [0.25, 0.3) is 5.13 Å². The van der Waals surface area contributed by atoms with Crippen LogP contribution in [0.15, 0.2) is 24.5 Å². The van der Waals surface area contributed by atoms with Crippen LogP contribution in [0.3, 0.4) is 0 Å². The lowest BCUT2D eigenvalue weighted by Crippen LogP contribution is -2.42. The predicted octanol–water partition coefficient (Wildman–Crippen LogP) is 2.54. The highest BCUT2D eigenvalue weighted by Gasteiger charge is 2.26. The maximum atomic E-state index is 12.5. The first kappa shape index (κ1) is 19.4. The standard InChI is InChI=1S/C20H30N6OS/c27-18(21-9-16-24-10-3-1-2-4-11-24)17-7-14-26(15-8-17)20-23-22-19(28-20)25-12-5-6-13-25/h5-6,12-13,17H,1-4,7-11,14-16H2,(H,21,27). The van der Waals surface area contributed by atoms with E-state index < -0.39 is 0 Å². The number of aromatic nitrogens is 3. The molecule has 1 N–H and O–H groups in total. The maximum Gasteiger partial charge on any atom is 0.223 e. The Bertz CT molecular complexity index is 730. The molecule has 28 heavy (non-hydrogen) atoms. The molecule has 8 heteroatoms. The van der Waals surface area contributed by atoms with Crippen LogP contribution in [0.5, 0.6) is 0 Å². The zero-order valence-corrected chi connectivity index (χ0v) is 17.2. The summed E-state index contributed by atoms with van der Waals surface area (Å²) in [5.74, 6) is 0.344. The van der Waals surface area contributed by atoms with Gasteiger partial charge in [0.1, 0.15) is 0 Å². The third kappa shape index (κ3) is 4.91. The fraction of sp³-hybridized carbons (Fsp3) is 0.650. The molecule has 0 saturated carbocycles. The molecule has 2 aromatic heterocycles. The summed E-state index contributed by atoms with van der Waals surface area (Å²) in [4.78, 5) is 17.3. The van der Waals surface area contributed by atoms with E-state index in [4.69, 9.17) is 0 Å². The second-order valence-corrected chi connectivity index (χ2v) is 8.70. The lowest BCUT2D eigenvalue weighted by molar-refractivity contribution is -0.125. The van der Waals surface area contributed by atoms with Crippen molar-refractivity contribution >= 4 is 22.4 Å². The normalized spacial score (nSPS) is 19.5. The number of carbonyl (C=O) groups excluding carboxylic acids is 1. The van der Waals surface area contributed by atoms with Crippen LogP contribution >= 0.6 is 11.3 Å². The number of likely N-dealkylation sites (tertiary alicyclic amines) is 1. The average molecular weight is 403 g/mol. The molecule has 4 rings (SSSR count). The quantitative estimate of drug-likeness (QED) is 0.804. The summed E-state index contributed by atoms with van der Waals surface area (Å²) in [6, 6.07) is 3.97. The van der Waals surface area contributed by atoms with E-state index in [2.05, 4.69) is 25.3 Å². The van der Waals surface area contributed by atoms with Crippen LogP contribution in [0, 0.1) is 5.92 Å². The number of rotatable bonds is 6. The van der Waals surface area contributed by atoms with Crippen molar-refractivity contribution in [3.05, 3.63) is 24.5 Å². The molecule has 2 aliphatic rings. The van der Waals surface area contributed by atoms with Gasteiger partial charge in [0, 0.05) is 44.5 Å². The van der Waals surface area contributed by atoms with Gasteiger partial charge >= 0.3 is 0 Å². The van der Waals surface area contributed by atoms with Gasteiger partial charge in [-0.25, -0.2) is 0 Å². The molecule has 2 fully saturated rings. The van der Waals surface area contributed by atoms with Crippen LogP contribution < -0.4 is 10.2 Å². The van der Waals surface area contributed by atoms with Crippen molar-refractivity contribution in [2.24, 2.45) is 5.92 Å². The Balaban J connectivity index is 1.20.